The molecule has 2 atom stereocenters. The largest absolute Gasteiger partial charge is 0.201 e. The Balaban J connectivity index is 2.24. The van der Waals surface area contributed by atoms with Gasteiger partial charge in [0.05, 0.1) is 5.38 Å². The SMILES string of the molecule is CC1CC(c2cnsc2)=CC(Cl)C1. The van der Waals surface area contributed by atoms with Crippen LogP contribution in [-0.2, 0) is 0 Å². The van der Waals surface area contributed by atoms with Gasteiger partial charge in [0.15, 0.2) is 0 Å². The van der Waals surface area contributed by atoms with Crippen LogP contribution in [0.25, 0.3) is 5.57 Å². The molecule has 0 aromatic carbocycles. The van der Waals surface area contributed by atoms with E-state index in [1.54, 1.807) is 0 Å². The van der Waals surface area contributed by atoms with Crippen molar-refractivity contribution in [2.24, 2.45) is 5.92 Å². The molecule has 0 fully saturated rings. The summed E-state index contributed by atoms with van der Waals surface area (Å²) >= 11 is 7.63. The minimum atomic E-state index is 0.207. The van der Waals surface area contributed by atoms with E-state index in [9.17, 15) is 0 Å². The summed E-state index contributed by atoms with van der Waals surface area (Å²) in [5, 5.41) is 2.30. The average Bonchev–Trinajstić information content (AvgIpc) is 2.53. The smallest absolute Gasteiger partial charge is 0.0524 e. The number of hydrogen-bond acceptors (Lipinski definition) is 2. The molecule has 1 nitrogen and oxygen atoms in total. The number of hydrogen-bond donors (Lipinski definition) is 0. The van der Waals surface area contributed by atoms with Crippen LogP contribution in [0.15, 0.2) is 17.7 Å². The molecule has 0 saturated carbocycles. The van der Waals surface area contributed by atoms with Gasteiger partial charge in [-0.1, -0.05) is 13.0 Å². The first kappa shape index (κ1) is 9.22. The summed E-state index contributed by atoms with van der Waals surface area (Å²) in [6.45, 7) is 2.25. The fourth-order valence-electron chi connectivity index (χ4n) is 1.78. The second-order valence-corrected chi connectivity index (χ2v) is 4.88. The summed E-state index contributed by atoms with van der Waals surface area (Å²) in [7, 11) is 0. The highest BCUT2D eigenvalue weighted by Gasteiger charge is 2.18. The Hall–Kier alpha value is -0.340. The van der Waals surface area contributed by atoms with E-state index < -0.39 is 0 Å². The molecule has 0 bridgehead atoms. The van der Waals surface area contributed by atoms with Crippen LogP contribution in [0, 0.1) is 5.92 Å². The van der Waals surface area contributed by atoms with Crippen LogP contribution in [0.4, 0.5) is 0 Å². The van der Waals surface area contributed by atoms with E-state index in [2.05, 4.69) is 22.8 Å². The van der Waals surface area contributed by atoms with Gasteiger partial charge in [-0.05, 0) is 35.9 Å². The van der Waals surface area contributed by atoms with Crippen molar-refractivity contribution in [1.82, 2.24) is 4.37 Å². The summed E-state index contributed by atoms with van der Waals surface area (Å²) < 4.78 is 4.11. The van der Waals surface area contributed by atoms with Crippen molar-refractivity contribution >= 4 is 28.7 Å². The number of aromatic nitrogens is 1. The maximum Gasteiger partial charge on any atom is 0.0524 e. The zero-order valence-electron chi connectivity index (χ0n) is 7.53. The van der Waals surface area contributed by atoms with Crippen molar-refractivity contribution in [2.75, 3.05) is 0 Å². The third-order valence-electron chi connectivity index (χ3n) is 2.38. The Morgan fingerprint density at radius 1 is 1.62 bits per heavy atom. The fraction of sp³-hybridized carbons (Fsp3) is 0.500. The monoisotopic (exact) mass is 213 g/mol. The molecule has 1 aromatic heterocycles. The van der Waals surface area contributed by atoms with Gasteiger partial charge < -0.3 is 0 Å². The van der Waals surface area contributed by atoms with Crippen molar-refractivity contribution in [1.29, 1.82) is 0 Å². The molecule has 0 saturated heterocycles. The molecule has 1 aromatic rings. The van der Waals surface area contributed by atoms with Crippen molar-refractivity contribution in [3.63, 3.8) is 0 Å². The van der Waals surface area contributed by atoms with Crippen molar-refractivity contribution in [3.05, 3.63) is 23.2 Å². The van der Waals surface area contributed by atoms with Gasteiger partial charge in [0.1, 0.15) is 0 Å². The molecule has 0 amide bonds. The highest BCUT2D eigenvalue weighted by Crippen LogP contribution is 2.32. The zero-order valence-corrected chi connectivity index (χ0v) is 9.11. The molecule has 0 aliphatic heterocycles. The summed E-state index contributed by atoms with van der Waals surface area (Å²) in [6.07, 6.45) is 6.34. The lowest BCUT2D eigenvalue weighted by atomic mass is 9.88. The maximum atomic E-state index is 6.13. The number of halogens is 1. The lowest BCUT2D eigenvalue weighted by Gasteiger charge is -2.21. The van der Waals surface area contributed by atoms with Gasteiger partial charge in [0.25, 0.3) is 0 Å². The molecule has 13 heavy (non-hydrogen) atoms. The zero-order chi connectivity index (χ0) is 9.26. The first-order valence-corrected chi connectivity index (χ1v) is 5.77. The van der Waals surface area contributed by atoms with Crippen LogP contribution in [0.5, 0.6) is 0 Å². The Bertz CT molecular complexity index is 305. The van der Waals surface area contributed by atoms with Gasteiger partial charge in [-0.25, -0.2) is 4.37 Å². The Morgan fingerprint density at radius 3 is 3.08 bits per heavy atom. The van der Waals surface area contributed by atoms with Crippen LogP contribution >= 0.6 is 23.1 Å². The van der Waals surface area contributed by atoms with Gasteiger partial charge in [-0.3, -0.25) is 0 Å². The number of allylic oxidation sites excluding steroid dienone is 2. The van der Waals surface area contributed by atoms with Gasteiger partial charge >= 0.3 is 0 Å². The Morgan fingerprint density at radius 2 is 2.46 bits per heavy atom. The van der Waals surface area contributed by atoms with Gasteiger partial charge in [0, 0.05) is 17.1 Å². The van der Waals surface area contributed by atoms with Gasteiger partial charge in [0.2, 0.25) is 0 Å². The molecule has 2 unspecified atom stereocenters. The lowest BCUT2D eigenvalue weighted by molar-refractivity contribution is 0.540. The molecule has 0 spiro atoms. The minimum Gasteiger partial charge on any atom is -0.201 e. The van der Waals surface area contributed by atoms with E-state index in [-0.39, 0.29) is 5.38 Å². The molecule has 1 aliphatic carbocycles. The molecule has 70 valence electrons. The lowest BCUT2D eigenvalue weighted by Crippen LogP contribution is -2.10. The molecule has 0 radical (unpaired) electrons. The van der Waals surface area contributed by atoms with E-state index in [0.717, 1.165) is 12.8 Å². The minimum absolute atomic E-state index is 0.207. The quantitative estimate of drug-likeness (QED) is 0.650. The summed E-state index contributed by atoms with van der Waals surface area (Å²) in [4.78, 5) is 0. The first-order valence-electron chi connectivity index (χ1n) is 4.50. The maximum absolute atomic E-state index is 6.13. The van der Waals surface area contributed by atoms with Gasteiger partial charge in [-0.2, -0.15) is 0 Å². The van der Waals surface area contributed by atoms with Crippen LogP contribution in [0.2, 0.25) is 0 Å². The van der Waals surface area contributed by atoms with Gasteiger partial charge in [-0.15, -0.1) is 11.6 Å². The van der Waals surface area contributed by atoms with E-state index >= 15 is 0 Å². The van der Waals surface area contributed by atoms with Crippen LogP contribution in [-0.4, -0.2) is 9.75 Å². The topological polar surface area (TPSA) is 12.9 Å². The van der Waals surface area contributed by atoms with Crippen LogP contribution in [0.3, 0.4) is 0 Å². The highest BCUT2D eigenvalue weighted by molar-refractivity contribution is 7.03. The van der Waals surface area contributed by atoms with E-state index in [4.69, 9.17) is 11.6 Å². The second kappa shape index (κ2) is 3.81. The van der Waals surface area contributed by atoms with Crippen molar-refractivity contribution in [3.8, 4) is 0 Å². The first-order chi connectivity index (χ1) is 6.25. The predicted octanol–water partition coefficient (Wildman–Crippen LogP) is 3.56. The summed E-state index contributed by atoms with van der Waals surface area (Å²) in [5.74, 6) is 0.697. The van der Waals surface area contributed by atoms with E-state index in [1.165, 1.54) is 22.7 Å². The number of rotatable bonds is 1. The summed E-state index contributed by atoms with van der Waals surface area (Å²) in [6, 6.07) is 0. The van der Waals surface area contributed by atoms with Crippen molar-refractivity contribution in [2.45, 2.75) is 25.1 Å². The third-order valence-corrected chi connectivity index (χ3v) is 3.27. The van der Waals surface area contributed by atoms with E-state index in [1.807, 2.05) is 6.20 Å². The van der Waals surface area contributed by atoms with Crippen LogP contribution < -0.4 is 0 Å². The van der Waals surface area contributed by atoms with E-state index in [0.29, 0.717) is 5.92 Å². The molecule has 1 heterocycles. The normalized spacial score (nSPS) is 28.6. The molecule has 2 rings (SSSR count). The Labute approximate surface area is 87.6 Å². The molecule has 3 heteroatoms. The van der Waals surface area contributed by atoms with Crippen molar-refractivity contribution < 1.29 is 0 Å². The Kier molecular flexibility index (Phi) is 2.70. The second-order valence-electron chi connectivity index (χ2n) is 3.67. The predicted molar refractivity (Wildman–Crippen MR) is 58.1 cm³/mol. The fourth-order valence-corrected chi connectivity index (χ4v) is 2.79. The highest BCUT2D eigenvalue weighted by atomic mass is 35.5. The molecule has 0 N–H and O–H groups in total. The standard InChI is InChI=1S/C10H12ClNS/c1-7-2-8(4-10(11)3-7)9-5-12-13-6-9/h4-7,10H,2-3H2,1H3. The number of alkyl halides is 1. The molecule has 1 aliphatic rings. The summed E-state index contributed by atoms with van der Waals surface area (Å²) in [5.41, 5.74) is 2.62. The van der Waals surface area contributed by atoms with Crippen LogP contribution in [0.1, 0.15) is 25.3 Å². The average molecular weight is 214 g/mol. The molecular formula is C10H12ClNS. The molecular weight excluding hydrogens is 202 g/mol. The number of nitrogens with zero attached hydrogens (tertiary/aromatic N) is 1. The third kappa shape index (κ3) is 2.12.